The number of carboxylic acids is 1. The van der Waals surface area contributed by atoms with Crippen LogP contribution in [0.15, 0.2) is 33.4 Å². The van der Waals surface area contributed by atoms with Gasteiger partial charge >= 0.3 is 5.97 Å². The van der Waals surface area contributed by atoms with E-state index in [0.717, 1.165) is 10.2 Å². The number of hydrogen-bond donors (Lipinski definition) is 2. The van der Waals surface area contributed by atoms with E-state index in [4.69, 9.17) is 0 Å². The van der Waals surface area contributed by atoms with Crippen LogP contribution in [0.25, 0.3) is 10.2 Å². The Morgan fingerprint density at radius 3 is 2.88 bits per heavy atom. The van der Waals surface area contributed by atoms with Crippen LogP contribution in [0.3, 0.4) is 0 Å². The summed E-state index contributed by atoms with van der Waals surface area (Å²) in [7, 11) is 0. The van der Waals surface area contributed by atoms with Gasteiger partial charge in [0, 0.05) is 17.0 Å². The smallest absolute Gasteiger partial charge is 0.353 e. The number of aliphatic carboxylic acids is 1. The number of aromatic nitrogens is 2. The topological polar surface area (TPSA) is 104 Å². The maximum atomic E-state index is 12.3. The molecule has 0 spiro atoms. The third-order valence-corrected chi connectivity index (χ3v) is 7.06. The van der Waals surface area contributed by atoms with Gasteiger partial charge in [-0.2, -0.15) is 0 Å². The van der Waals surface area contributed by atoms with Crippen molar-refractivity contribution in [2.24, 2.45) is 11.8 Å². The number of β-lactam (4-membered cyclic amide) rings is 1. The Morgan fingerprint density at radius 1 is 1.48 bits per heavy atom. The minimum Gasteiger partial charge on any atom is -0.477 e. The number of thioether (sulfide) groups is 1. The second-order valence-electron chi connectivity index (χ2n) is 6.20. The summed E-state index contributed by atoms with van der Waals surface area (Å²) >= 11 is 2.75. The van der Waals surface area contributed by atoms with Gasteiger partial charge in [-0.3, -0.25) is 9.78 Å². The van der Waals surface area contributed by atoms with Gasteiger partial charge in [0.1, 0.15) is 11.2 Å². The first kappa shape index (κ1) is 16.5. The fourth-order valence-corrected chi connectivity index (χ4v) is 5.86. The Balaban J connectivity index is 1.72. The number of carboxylic acid groups (broad SMARTS) is 1. The number of aliphatic hydroxyl groups excluding tert-OH is 1. The molecule has 2 N–H and O–H groups in total. The summed E-state index contributed by atoms with van der Waals surface area (Å²) in [6.45, 7) is 3.46. The number of thiazole rings is 1. The molecule has 0 aromatic carbocycles. The third kappa shape index (κ3) is 2.37. The summed E-state index contributed by atoms with van der Waals surface area (Å²) in [5.74, 6) is -2.18. The number of aliphatic hydroxyl groups is 1. The van der Waals surface area contributed by atoms with Gasteiger partial charge in [0.2, 0.25) is 5.91 Å². The quantitative estimate of drug-likeness (QED) is 0.785. The summed E-state index contributed by atoms with van der Waals surface area (Å²) in [5.41, 5.74) is 0.779. The maximum absolute atomic E-state index is 12.3. The van der Waals surface area contributed by atoms with Crippen molar-refractivity contribution in [2.75, 3.05) is 0 Å². The molecule has 1 fully saturated rings. The SMILES string of the molecule is C[C@@H](O)[C@H]1C(=O)N2C(C(=O)O)=C(Sc3nc4cnccc4s3)[C@H](C)[C@H]12. The molecule has 0 bridgehead atoms. The Bertz CT molecular complexity index is 890. The number of fused-ring (bicyclic) bond motifs is 2. The zero-order valence-corrected chi connectivity index (χ0v) is 15.0. The van der Waals surface area contributed by atoms with E-state index in [1.165, 1.54) is 28.0 Å². The van der Waals surface area contributed by atoms with Crippen molar-refractivity contribution in [1.29, 1.82) is 0 Å². The lowest BCUT2D eigenvalue weighted by atomic mass is 9.79. The number of hydrogen-bond acceptors (Lipinski definition) is 7. The van der Waals surface area contributed by atoms with Gasteiger partial charge in [-0.1, -0.05) is 18.7 Å². The Kier molecular flexibility index (Phi) is 3.82. The molecule has 7 nitrogen and oxygen atoms in total. The summed E-state index contributed by atoms with van der Waals surface area (Å²) < 4.78 is 1.69. The fraction of sp³-hybridized carbons (Fsp3) is 0.375. The van der Waals surface area contributed by atoms with Crippen molar-refractivity contribution >= 4 is 45.2 Å². The average Bonchev–Trinajstić information content (AvgIpc) is 3.05. The van der Waals surface area contributed by atoms with Crippen molar-refractivity contribution in [3.05, 3.63) is 29.1 Å². The van der Waals surface area contributed by atoms with Gasteiger partial charge in [0.05, 0.1) is 29.0 Å². The lowest BCUT2D eigenvalue weighted by molar-refractivity contribution is -0.163. The molecule has 0 saturated carbocycles. The van der Waals surface area contributed by atoms with E-state index in [0.29, 0.717) is 9.24 Å². The van der Waals surface area contributed by atoms with E-state index in [1.54, 1.807) is 19.3 Å². The van der Waals surface area contributed by atoms with Crippen LogP contribution in [0.2, 0.25) is 0 Å². The molecule has 0 unspecified atom stereocenters. The molecule has 0 aliphatic carbocycles. The molecule has 2 aliphatic rings. The Labute approximate surface area is 151 Å². The number of amides is 1. The molecule has 1 saturated heterocycles. The van der Waals surface area contributed by atoms with E-state index in [1.807, 2.05) is 13.0 Å². The van der Waals surface area contributed by atoms with Crippen molar-refractivity contribution in [2.45, 2.75) is 30.3 Å². The lowest BCUT2D eigenvalue weighted by Gasteiger charge is -2.46. The zero-order chi connectivity index (χ0) is 17.9. The molecule has 2 aromatic heterocycles. The molecule has 2 aromatic rings. The summed E-state index contributed by atoms with van der Waals surface area (Å²) in [5, 5.41) is 19.5. The third-order valence-electron chi connectivity index (χ3n) is 4.68. The summed E-state index contributed by atoms with van der Waals surface area (Å²) in [6.07, 6.45) is 2.55. The van der Waals surface area contributed by atoms with Gasteiger partial charge in [0.15, 0.2) is 4.34 Å². The molecule has 4 rings (SSSR count). The van der Waals surface area contributed by atoms with Crippen LogP contribution >= 0.6 is 23.1 Å². The van der Waals surface area contributed by atoms with E-state index in [2.05, 4.69) is 9.97 Å². The highest BCUT2D eigenvalue weighted by atomic mass is 32.2. The summed E-state index contributed by atoms with van der Waals surface area (Å²) in [4.78, 5) is 34.6. The van der Waals surface area contributed by atoms with Crippen LogP contribution in [0.4, 0.5) is 0 Å². The molecule has 0 radical (unpaired) electrons. The van der Waals surface area contributed by atoms with Crippen molar-refractivity contribution in [3.63, 3.8) is 0 Å². The minimum absolute atomic E-state index is 0.0155. The molecule has 25 heavy (non-hydrogen) atoms. The largest absolute Gasteiger partial charge is 0.477 e. The predicted octanol–water partition coefficient (Wildman–Crippen LogP) is 1.94. The summed E-state index contributed by atoms with van der Waals surface area (Å²) in [6, 6.07) is 1.55. The Hall–Kier alpha value is -1.97. The predicted molar refractivity (Wildman–Crippen MR) is 92.9 cm³/mol. The molecular weight excluding hydrogens is 362 g/mol. The highest BCUT2D eigenvalue weighted by molar-refractivity contribution is 8.04. The Morgan fingerprint density at radius 2 is 2.24 bits per heavy atom. The van der Waals surface area contributed by atoms with Crippen LogP contribution < -0.4 is 0 Å². The lowest BCUT2D eigenvalue weighted by Crippen LogP contribution is -2.63. The van der Waals surface area contributed by atoms with E-state index >= 15 is 0 Å². The van der Waals surface area contributed by atoms with Crippen molar-refractivity contribution < 1.29 is 19.8 Å². The van der Waals surface area contributed by atoms with E-state index < -0.39 is 18.0 Å². The second-order valence-corrected chi connectivity index (χ2v) is 8.52. The first-order valence-electron chi connectivity index (χ1n) is 7.77. The fourth-order valence-electron chi connectivity index (χ4n) is 3.55. The molecule has 4 atom stereocenters. The number of pyridine rings is 1. The highest BCUT2D eigenvalue weighted by Crippen LogP contribution is 2.52. The molecule has 130 valence electrons. The van der Waals surface area contributed by atoms with Gasteiger partial charge < -0.3 is 15.1 Å². The van der Waals surface area contributed by atoms with Crippen LogP contribution in [0.5, 0.6) is 0 Å². The average molecular weight is 377 g/mol. The second kappa shape index (κ2) is 5.79. The molecule has 9 heteroatoms. The maximum Gasteiger partial charge on any atom is 0.353 e. The number of carbonyl (C=O) groups excluding carboxylic acids is 1. The van der Waals surface area contributed by atoms with Crippen molar-refractivity contribution in [3.8, 4) is 0 Å². The van der Waals surface area contributed by atoms with Gasteiger partial charge in [0.25, 0.3) is 0 Å². The first-order valence-corrected chi connectivity index (χ1v) is 9.40. The van der Waals surface area contributed by atoms with Gasteiger partial charge in [-0.05, 0) is 13.0 Å². The first-order chi connectivity index (χ1) is 11.9. The minimum atomic E-state index is -1.13. The molecule has 2 aliphatic heterocycles. The van der Waals surface area contributed by atoms with Crippen LogP contribution in [0.1, 0.15) is 13.8 Å². The molecule has 1 amide bonds. The van der Waals surface area contributed by atoms with Crippen LogP contribution in [-0.4, -0.2) is 49.1 Å². The monoisotopic (exact) mass is 377 g/mol. The molecule has 4 heterocycles. The number of carbonyl (C=O) groups is 2. The van der Waals surface area contributed by atoms with Crippen LogP contribution in [-0.2, 0) is 9.59 Å². The highest BCUT2D eigenvalue weighted by Gasteiger charge is 2.60. The van der Waals surface area contributed by atoms with Crippen molar-refractivity contribution in [1.82, 2.24) is 14.9 Å². The molecular formula is C16H15N3O4S2. The standard InChI is InChI=1S/C16H15N3O4S2/c1-6-11-10(7(2)20)14(21)19(11)12(15(22)23)13(6)25-16-18-8-5-17-4-3-9(8)24-16/h3-7,10-11,20H,1-2H3,(H,22,23)/t6-,7-,10-,11-/m1/s1. The van der Waals surface area contributed by atoms with Gasteiger partial charge in [-0.25, -0.2) is 9.78 Å². The van der Waals surface area contributed by atoms with E-state index in [9.17, 15) is 19.8 Å². The van der Waals surface area contributed by atoms with E-state index in [-0.39, 0.29) is 23.6 Å². The zero-order valence-electron chi connectivity index (χ0n) is 13.4. The van der Waals surface area contributed by atoms with Crippen LogP contribution in [0, 0.1) is 11.8 Å². The normalized spacial score (nSPS) is 26.8. The number of nitrogens with zero attached hydrogens (tertiary/aromatic N) is 3. The number of rotatable bonds is 4. The van der Waals surface area contributed by atoms with Gasteiger partial charge in [-0.15, -0.1) is 11.3 Å².